The Hall–Kier alpha value is -0.840. The zero-order valence-corrected chi connectivity index (χ0v) is 10.7. The largest absolute Gasteiger partial charge is 0.352 e. The molecule has 1 aromatic heterocycles. The van der Waals surface area contributed by atoms with E-state index in [0.717, 1.165) is 23.9 Å². The summed E-state index contributed by atoms with van der Waals surface area (Å²) >= 11 is 3.32. The van der Waals surface area contributed by atoms with E-state index in [-0.39, 0.29) is 5.91 Å². The van der Waals surface area contributed by atoms with Crippen LogP contribution in [0.2, 0.25) is 0 Å². The van der Waals surface area contributed by atoms with Crippen molar-refractivity contribution in [2.45, 2.75) is 19.8 Å². The summed E-state index contributed by atoms with van der Waals surface area (Å²) in [6, 6.07) is 0. The van der Waals surface area contributed by atoms with Gasteiger partial charge < -0.3 is 5.32 Å². The number of hydrogen-bond acceptors (Lipinski definition) is 2. The standard InChI is InChI=1S/C10H16BrN3O/c1-3-9-8(7-14(2)13-9)10(15)12-6-4-5-11/h7H,3-6H2,1-2H3,(H,12,15). The Balaban J connectivity index is 2.64. The second-order valence-corrected chi connectivity index (χ2v) is 4.11. The number of amides is 1. The summed E-state index contributed by atoms with van der Waals surface area (Å²) in [5.41, 5.74) is 1.54. The molecule has 0 fully saturated rings. The first-order valence-electron chi connectivity index (χ1n) is 5.05. The number of aryl methyl sites for hydroxylation is 2. The molecule has 0 aliphatic carbocycles. The van der Waals surface area contributed by atoms with E-state index in [2.05, 4.69) is 26.3 Å². The second-order valence-electron chi connectivity index (χ2n) is 3.32. The number of nitrogens with one attached hydrogen (secondary N) is 1. The Labute approximate surface area is 98.2 Å². The van der Waals surface area contributed by atoms with Crippen molar-refractivity contribution in [2.75, 3.05) is 11.9 Å². The fraction of sp³-hybridized carbons (Fsp3) is 0.600. The fourth-order valence-corrected chi connectivity index (χ4v) is 1.63. The molecule has 0 unspecified atom stereocenters. The van der Waals surface area contributed by atoms with Crippen LogP contribution in [-0.2, 0) is 13.5 Å². The molecule has 15 heavy (non-hydrogen) atoms. The molecule has 1 rings (SSSR count). The van der Waals surface area contributed by atoms with Gasteiger partial charge in [0, 0.05) is 25.1 Å². The van der Waals surface area contributed by atoms with Gasteiger partial charge in [-0.05, 0) is 12.8 Å². The highest BCUT2D eigenvalue weighted by Crippen LogP contribution is 2.06. The topological polar surface area (TPSA) is 46.9 Å². The van der Waals surface area contributed by atoms with Crippen LogP contribution < -0.4 is 5.32 Å². The molecule has 0 saturated heterocycles. The molecule has 1 amide bonds. The number of aromatic nitrogens is 2. The quantitative estimate of drug-likeness (QED) is 0.653. The van der Waals surface area contributed by atoms with E-state index in [4.69, 9.17) is 0 Å². The summed E-state index contributed by atoms with van der Waals surface area (Å²) in [7, 11) is 1.83. The molecule has 1 N–H and O–H groups in total. The van der Waals surface area contributed by atoms with E-state index < -0.39 is 0 Å². The average molecular weight is 274 g/mol. The first-order valence-corrected chi connectivity index (χ1v) is 6.17. The zero-order chi connectivity index (χ0) is 11.3. The minimum absolute atomic E-state index is 0.0269. The second kappa shape index (κ2) is 5.90. The third kappa shape index (κ3) is 3.34. The molecule has 0 radical (unpaired) electrons. The summed E-state index contributed by atoms with van der Waals surface area (Å²) in [5.74, 6) is -0.0269. The molecule has 0 aliphatic rings. The van der Waals surface area contributed by atoms with Crippen molar-refractivity contribution in [1.29, 1.82) is 0 Å². The summed E-state index contributed by atoms with van der Waals surface area (Å²) in [4.78, 5) is 11.7. The average Bonchev–Trinajstić information content (AvgIpc) is 2.60. The molecule has 5 heteroatoms. The highest BCUT2D eigenvalue weighted by atomic mass is 79.9. The Kier molecular flexibility index (Phi) is 4.81. The Morgan fingerprint density at radius 3 is 3.00 bits per heavy atom. The minimum atomic E-state index is -0.0269. The Bertz CT molecular complexity index is 335. The maximum absolute atomic E-state index is 11.7. The van der Waals surface area contributed by atoms with Gasteiger partial charge in [-0.1, -0.05) is 22.9 Å². The van der Waals surface area contributed by atoms with E-state index in [1.807, 2.05) is 14.0 Å². The summed E-state index contributed by atoms with van der Waals surface area (Å²) < 4.78 is 1.68. The lowest BCUT2D eigenvalue weighted by Gasteiger charge is -2.02. The molecular weight excluding hydrogens is 258 g/mol. The maximum Gasteiger partial charge on any atom is 0.254 e. The van der Waals surface area contributed by atoms with Crippen LogP contribution in [0.5, 0.6) is 0 Å². The van der Waals surface area contributed by atoms with E-state index in [1.165, 1.54) is 0 Å². The molecule has 1 aromatic rings. The lowest BCUT2D eigenvalue weighted by atomic mass is 10.2. The van der Waals surface area contributed by atoms with Crippen LogP contribution in [0.15, 0.2) is 6.20 Å². The van der Waals surface area contributed by atoms with Gasteiger partial charge in [0.25, 0.3) is 5.91 Å². The predicted molar refractivity (Wildman–Crippen MR) is 63.3 cm³/mol. The van der Waals surface area contributed by atoms with Crippen molar-refractivity contribution in [2.24, 2.45) is 7.05 Å². The van der Waals surface area contributed by atoms with Crippen molar-refractivity contribution in [3.63, 3.8) is 0 Å². The zero-order valence-electron chi connectivity index (χ0n) is 9.09. The molecule has 4 nitrogen and oxygen atoms in total. The number of rotatable bonds is 5. The lowest BCUT2D eigenvalue weighted by Crippen LogP contribution is -2.25. The lowest BCUT2D eigenvalue weighted by molar-refractivity contribution is 0.0953. The molecule has 0 aromatic carbocycles. The minimum Gasteiger partial charge on any atom is -0.352 e. The SMILES string of the molecule is CCc1nn(C)cc1C(=O)NCCCBr. The number of carbonyl (C=O) groups excluding carboxylic acids is 1. The van der Waals surface area contributed by atoms with Gasteiger partial charge in [0.05, 0.1) is 11.3 Å². The smallest absolute Gasteiger partial charge is 0.254 e. The van der Waals surface area contributed by atoms with E-state index in [9.17, 15) is 4.79 Å². The van der Waals surface area contributed by atoms with Crippen LogP contribution in [0.4, 0.5) is 0 Å². The van der Waals surface area contributed by atoms with Gasteiger partial charge in [-0.3, -0.25) is 9.48 Å². The third-order valence-corrected chi connectivity index (χ3v) is 2.64. The number of carbonyl (C=O) groups is 1. The van der Waals surface area contributed by atoms with Crippen LogP contribution in [0.3, 0.4) is 0 Å². The monoisotopic (exact) mass is 273 g/mol. The highest BCUT2D eigenvalue weighted by Gasteiger charge is 2.13. The van der Waals surface area contributed by atoms with Crippen molar-refractivity contribution < 1.29 is 4.79 Å². The van der Waals surface area contributed by atoms with Gasteiger partial charge >= 0.3 is 0 Å². The number of alkyl halides is 1. The van der Waals surface area contributed by atoms with Gasteiger partial charge in [-0.15, -0.1) is 0 Å². The van der Waals surface area contributed by atoms with Gasteiger partial charge in [0.2, 0.25) is 0 Å². The van der Waals surface area contributed by atoms with Crippen molar-refractivity contribution in [1.82, 2.24) is 15.1 Å². The molecule has 0 aliphatic heterocycles. The molecule has 84 valence electrons. The van der Waals surface area contributed by atoms with E-state index >= 15 is 0 Å². The van der Waals surface area contributed by atoms with Crippen LogP contribution >= 0.6 is 15.9 Å². The normalized spacial score (nSPS) is 10.3. The van der Waals surface area contributed by atoms with Crippen molar-refractivity contribution in [3.8, 4) is 0 Å². The third-order valence-electron chi connectivity index (χ3n) is 2.08. The molecule has 0 spiro atoms. The fourth-order valence-electron chi connectivity index (χ4n) is 1.35. The van der Waals surface area contributed by atoms with Crippen molar-refractivity contribution >= 4 is 21.8 Å². The van der Waals surface area contributed by atoms with Crippen LogP contribution in [0, 0.1) is 0 Å². The highest BCUT2D eigenvalue weighted by molar-refractivity contribution is 9.09. The summed E-state index contributed by atoms with van der Waals surface area (Å²) in [5, 5.41) is 7.99. The van der Waals surface area contributed by atoms with Gasteiger partial charge in [-0.2, -0.15) is 5.10 Å². The first kappa shape index (κ1) is 12.2. The van der Waals surface area contributed by atoms with E-state index in [1.54, 1.807) is 10.9 Å². The van der Waals surface area contributed by atoms with Crippen LogP contribution in [-0.4, -0.2) is 27.6 Å². The van der Waals surface area contributed by atoms with Gasteiger partial charge in [0.1, 0.15) is 0 Å². The number of nitrogens with zero attached hydrogens (tertiary/aromatic N) is 2. The molecule has 0 bridgehead atoms. The predicted octanol–water partition coefficient (Wildman–Crippen LogP) is 1.50. The Morgan fingerprint density at radius 2 is 2.40 bits per heavy atom. The number of hydrogen-bond donors (Lipinski definition) is 1. The van der Waals surface area contributed by atoms with Gasteiger partial charge in [-0.25, -0.2) is 0 Å². The van der Waals surface area contributed by atoms with Crippen LogP contribution in [0.1, 0.15) is 29.4 Å². The summed E-state index contributed by atoms with van der Waals surface area (Å²) in [6.45, 7) is 2.69. The first-order chi connectivity index (χ1) is 7.19. The maximum atomic E-state index is 11.7. The van der Waals surface area contributed by atoms with Crippen LogP contribution in [0.25, 0.3) is 0 Å². The van der Waals surface area contributed by atoms with E-state index in [0.29, 0.717) is 12.1 Å². The van der Waals surface area contributed by atoms with Crippen molar-refractivity contribution in [3.05, 3.63) is 17.5 Å². The summed E-state index contributed by atoms with van der Waals surface area (Å²) in [6.07, 6.45) is 3.48. The molecule has 0 saturated carbocycles. The molecular formula is C10H16BrN3O. The van der Waals surface area contributed by atoms with Gasteiger partial charge in [0.15, 0.2) is 0 Å². The molecule has 0 atom stereocenters. The molecule has 1 heterocycles. The number of halogens is 1. The Morgan fingerprint density at radius 1 is 1.67 bits per heavy atom.